The summed E-state index contributed by atoms with van der Waals surface area (Å²) < 4.78 is 33.6. The fourth-order valence-corrected chi connectivity index (χ4v) is 8.34. The SMILES string of the molecule is CCCCC/C=C/C/C=C/CCCCCCCCCC(=O)O[C@@H](COC(=O)CCC/C=C/C/C=C/C/C=C/C/C=C/CCCCCCCCC)COP(=O)(O)OC1C(O)C(O)C(O)[C@H](O)C1O. The first-order valence-corrected chi connectivity index (χ1v) is 27.2. The van der Waals surface area contributed by atoms with Crippen LogP contribution in [0.5, 0.6) is 0 Å². The van der Waals surface area contributed by atoms with E-state index >= 15 is 0 Å². The van der Waals surface area contributed by atoms with Gasteiger partial charge in [0.05, 0.1) is 6.61 Å². The Hall–Kier alpha value is -2.71. The molecule has 8 atom stereocenters. The molecule has 0 saturated heterocycles. The first-order chi connectivity index (χ1) is 32.4. The minimum Gasteiger partial charge on any atom is -0.462 e. The van der Waals surface area contributed by atoms with Crippen molar-refractivity contribution >= 4 is 19.8 Å². The number of hydrogen-bond acceptors (Lipinski definition) is 12. The molecule has 0 spiro atoms. The molecule has 386 valence electrons. The van der Waals surface area contributed by atoms with Gasteiger partial charge in [0.25, 0.3) is 0 Å². The molecule has 0 aliphatic heterocycles. The van der Waals surface area contributed by atoms with Crippen molar-refractivity contribution in [2.75, 3.05) is 13.2 Å². The molecule has 0 amide bonds. The lowest BCUT2D eigenvalue weighted by Gasteiger charge is -2.41. The molecule has 1 aliphatic carbocycles. The molecular weight excluding hydrogens is 876 g/mol. The first-order valence-electron chi connectivity index (χ1n) is 25.7. The molecule has 0 radical (unpaired) electrons. The highest BCUT2D eigenvalue weighted by Gasteiger charge is 2.51. The summed E-state index contributed by atoms with van der Waals surface area (Å²) in [4.78, 5) is 35.8. The lowest BCUT2D eigenvalue weighted by atomic mass is 9.85. The van der Waals surface area contributed by atoms with Gasteiger partial charge in [-0.25, -0.2) is 4.57 Å². The Morgan fingerprint density at radius 1 is 0.463 bits per heavy atom. The number of rotatable bonds is 42. The predicted octanol–water partition coefficient (Wildman–Crippen LogP) is 11.1. The number of ether oxygens (including phenoxy) is 2. The third-order valence-electron chi connectivity index (χ3n) is 11.5. The topological polar surface area (TPSA) is 210 Å². The second kappa shape index (κ2) is 42.2. The minimum absolute atomic E-state index is 0.0728. The largest absolute Gasteiger partial charge is 0.472 e. The van der Waals surface area contributed by atoms with Crippen LogP contribution in [0, 0.1) is 0 Å². The summed E-state index contributed by atoms with van der Waals surface area (Å²) in [7, 11) is -5.14. The van der Waals surface area contributed by atoms with Gasteiger partial charge >= 0.3 is 19.8 Å². The van der Waals surface area contributed by atoms with Crippen LogP contribution in [-0.2, 0) is 32.7 Å². The van der Waals surface area contributed by atoms with Crippen LogP contribution in [0.2, 0.25) is 0 Å². The van der Waals surface area contributed by atoms with Gasteiger partial charge in [-0.3, -0.25) is 18.6 Å². The Bertz CT molecular complexity index is 1440. The van der Waals surface area contributed by atoms with E-state index < -0.39 is 75.7 Å². The summed E-state index contributed by atoms with van der Waals surface area (Å²) in [6, 6.07) is 0. The lowest BCUT2D eigenvalue weighted by Crippen LogP contribution is -2.64. The summed E-state index contributed by atoms with van der Waals surface area (Å²) in [5.74, 6) is -1.18. The molecule has 0 aromatic carbocycles. The van der Waals surface area contributed by atoms with E-state index in [9.17, 15) is 44.6 Å². The number of allylic oxidation sites excluding steroid dienone is 12. The molecule has 1 fully saturated rings. The van der Waals surface area contributed by atoms with Gasteiger partial charge in [-0.2, -0.15) is 0 Å². The van der Waals surface area contributed by atoms with Crippen molar-refractivity contribution < 1.29 is 63.1 Å². The minimum atomic E-state index is -5.14. The van der Waals surface area contributed by atoms with Gasteiger partial charge in [0.2, 0.25) is 0 Å². The Balaban J connectivity index is 2.46. The van der Waals surface area contributed by atoms with E-state index in [1.807, 2.05) is 12.2 Å². The molecular formula is C53H91O13P. The van der Waals surface area contributed by atoms with Gasteiger partial charge in [0, 0.05) is 12.8 Å². The zero-order valence-corrected chi connectivity index (χ0v) is 42.1. The smallest absolute Gasteiger partial charge is 0.462 e. The van der Waals surface area contributed by atoms with E-state index in [0.717, 1.165) is 83.5 Å². The molecule has 0 aromatic rings. The Morgan fingerprint density at radius 3 is 1.30 bits per heavy atom. The molecule has 0 heterocycles. The maximum atomic E-state index is 12.8. The summed E-state index contributed by atoms with van der Waals surface area (Å²) in [5, 5.41) is 50.3. The molecule has 1 saturated carbocycles. The fourth-order valence-electron chi connectivity index (χ4n) is 7.37. The molecule has 67 heavy (non-hydrogen) atoms. The molecule has 6 unspecified atom stereocenters. The van der Waals surface area contributed by atoms with E-state index in [1.54, 1.807) is 0 Å². The van der Waals surface area contributed by atoms with Gasteiger partial charge in [0.1, 0.15) is 43.2 Å². The summed E-state index contributed by atoms with van der Waals surface area (Å²) in [5.41, 5.74) is 0. The number of phosphoric ester groups is 1. The predicted molar refractivity (Wildman–Crippen MR) is 267 cm³/mol. The zero-order chi connectivity index (χ0) is 49.2. The average molecular weight is 967 g/mol. The van der Waals surface area contributed by atoms with Crippen LogP contribution in [0.25, 0.3) is 0 Å². The highest BCUT2D eigenvalue weighted by atomic mass is 31.2. The van der Waals surface area contributed by atoms with Crippen LogP contribution in [-0.4, -0.2) is 98.3 Å². The quantitative estimate of drug-likeness (QED) is 0.0146. The number of esters is 2. The van der Waals surface area contributed by atoms with Crippen molar-refractivity contribution in [2.45, 2.75) is 236 Å². The first kappa shape index (κ1) is 62.3. The maximum absolute atomic E-state index is 12.8. The third kappa shape index (κ3) is 34.3. The third-order valence-corrected chi connectivity index (χ3v) is 12.5. The van der Waals surface area contributed by atoms with Gasteiger partial charge in [-0.15, -0.1) is 0 Å². The van der Waals surface area contributed by atoms with Crippen LogP contribution < -0.4 is 0 Å². The standard InChI is InChI=1S/C53H91O13P/c1-3-5-7-9-11-13-15-17-19-21-22-23-24-26-27-29-31-33-35-37-39-41-46(54)63-43-45(44-64-67(61,62)66-53-51(59)49(57)48(56)50(58)52(53)60)65-47(55)42-40-38-36-34-32-30-28-25-20-18-16-14-12-10-8-6-4-2/h12,14,18-21,23-24,27,29,33,35,45,48-53,56-60H,3-11,13,15-17,22,25-26,28,30-32,34,36-44H2,1-2H3,(H,61,62)/b14-12+,20-18+,21-19+,24-23+,29-27+,35-33+/t45-,48?,49-,50?,51?,52?,53?/m0/s1. The number of unbranched alkanes of at least 4 members (excludes halogenated alkanes) is 18. The van der Waals surface area contributed by atoms with Gasteiger partial charge < -0.3 is 39.9 Å². The number of carbonyl (C=O) groups excluding carboxylic acids is 2. The fraction of sp³-hybridized carbons (Fsp3) is 0.736. The molecule has 6 N–H and O–H groups in total. The average Bonchev–Trinajstić information content (AvgIpc) is 3.31. The zero-order valence-electron chi connectivity index (χ0n) is 41.2. The monoisotopic (exact) mass is 967 g/mol. The molecule has 0 aromatic heterocycles. The van der Waals surface area contributed by atoms with E-state index in [2.05, 4.69) is 74.6 Å². The molecule has 1 aliphatic rings. The molecule has 1 rings (SSSR count). The summed E-state index contributed by atoms with van der Waals surface area (Å²) >= 11 is 0. The van der Waals surface area contributed by atoms with Gasteiger partial charge in [-0.05, 0) is 83.5 Å². The number of aliphatic hydroxyl groups excluding tert-OH is 5. The lowest BCUT2D eigenvalue weighted by molar-refractivity contribution is -0.220. The van der Waals surface area contributed by atoms with Crippen LogP contribution in [0.15, 0.2) is 72.9 Å². The Morgan fingerprint density at radius 2 is 0.821 bits per heavy atom. The summed E-state index contributed by atoms with van der Waals surface area (Å²) in [6.45, 7) is 3.23. The molecule has 0 bridgehead atoms. The van der Waals surface area contributed by atoms with E-state index in [1.165, 1.54) is 64.2 Å². The second-order valence-corrected chi connectivity index (χ2v) is 19.1. The number of hydrogen-bond donors (Lipinski definition) is 6. The maximum Gasteiger partial charge on any atom is 0.472 e. The molecule has 13 nitrogen and oxygen atoms in total. The van der Waals surface area contributed by atoms with Crippen molar-refractivity contribution in [1.29, 1.82) is 0 Å². The number of carbonyl (C=O) groups is 2. The Labute approximate surface area is 404 Å². The highest BCUT2D eigenvalue weighted by Crippen LogP contribution is 2.47. The van der Waals surface area contributed by atoms with Crippen LogP contribution in [0.4, 0.5) is 0 Å². The van der Waals surface area contributed by atoms with Gasteiger partial charge in [-0.1, -0.05) is 170 Å². The Kier molecular flexibility index (Phi) is 39.2. The van der Waals surface area contributed by atoms with Crippen molar-refractivity contribution in [3.63, 3.8) is 0 Å². The molecule has 14 heteroatoms. The van der Waals surface area contributed by atoms with Crippen molar-refractivity contribution in [2.24, 2.45) is 0 Å². The van der Waals surface area contributed by atoms with Crippen molar-refractivity contribution in [3.8, 4) is 0 Å². The van der Waals surface area contributed by atoms with Crippen LogP contribution in [0.1, 0.15) is 194 Å². The van der Waals surface area contributed by atoms with Crippen LogP contribution in [0.3, 0.4) is 0 Å². The second-order valence-electron chi connectivity index (χ2n) is 17.7. The normalized spacial score (nSPS) is 21.7. The highest BCUT2D eigenvalue weighted by molar-refractivity contribution is 7.47. The van der Waals surface area contributed by atoms with Crippen LogP contribution >= 0.6 is 7.82 Å². The van der Waals surface area contributed by atoms with Crippen molar-refractivity contribution in [1.82, 2.24) is 0 Å². The number of aliphatic hydroxyl groups is 5. The van der Waals surface area contributed by atoms with E-state index in [4.69, 9.17) is 18.5 Å². The van der Waals surface area contributed by atoms with E-state index in [-0.39, 0.29) is 12.8 Å². The number of phosphoric acid groups is 1. The van der Waals surface area contributed by atoms with Crippen molar-refractivity contribution in [3.05, 3.63) is 72.9 Å². The van der Waals surface area contributed by atoms with Gasteiger partial charge in [0.15, 0.2) is 6.10 Å². The summed E-state index contributed by atoms with van der Waals surface area (Å²) in [6.07, 6.45) is 40.9. The van der Waals surface area contributed by atoms with E-state index in [0.29, 0.717) is 19.3 Å².